The van der Waals surface area contributed by atoms with Gasteiger partial charge in [-0.2, -0.15) is 0 Å². The summed E-state index contributed by atoms with van der Waals surface area (Å²) in [5, 5.41) is 8.60. The highest BCUT2D eigenvalue weighted by atomic mass is 16.5. The third-order valence-corrected chi connectivity index (χ3v) is 2.21. The molecule has 1 rings (SSSR count). The molecule has 82 valence electrons. The molecule has 0 saturated heterocycles. The molecule has 1 aromatic carbocycles. The fraction of sp³-hybridized carbons (Fsp3) is 0.385. The van der Waals surface area contributed by atoms with Gasteiger partial charge in [0.25, 0.3) is 0 Å². The molecule has 0 amide bonds. The van der Waals surface area contributed by atoms with Gasteiger partial charge in [0, 0.05) is 6.61 Å². The molecule has 0 saturated carbocycles. The highest BCUT2D eigenvalue weighted by Gasteiger charge is 1.89. The number of hydrogen-bond acceptors (Lipinski definition) is 2. The Balaban J connectivity index is 2.36. The van der Waals surface area contributed by atoms with Crippen LogP contribution in [0.2, 0.25) is 0 Å². The Morgan fingerprint density at radius 2 is 1.93 bits per heavy atom. The van der Waals surface area contributed by atoms with Crippen molar-refractivity contribution >= 4 is 6.08 Å². The first kappa shape index (κ1) is 11.8. The Bertz CT molecular complexity index is 288. The lowest BCUT2D eigenvalue weighted by Gasteiger charge is -1.99. The first-order valence-corrected chi connectivity index (χ1v) is 5.28. The van der Waals surface area contributed by atoms with E-state index in [0.717, 1.165) is 25.0 Å². The maximum absolute atomic E-state index is 8.60. The third kappa shape index (κ3) is 4.66. The zero-order valence-corrected chi connectivity index (χ0v) is 9.15. The fourth-order valence-corrected chi connectivity index (χ4v) is 1.31. The van der Waals surface area contributed by atoms with Crippen molar-refractivity contribution in [3.8, 4) is 5.75 Å². The molecule has 0 aliphatic carbocycles. The summed E-state index contributed by atoms with van der Waals surface area (Å²) in [7, 11) is 1.67. The first-order valence-electron chi connectivity index (χ1n) is 5.28. The molecule has 2 heteroatoms. The summed E-state index contributed by atoms with van der Waals surface area (Å²) in [6.45, 7) is 0.288. The van der Waals surface area contributed by atoms with Gasteiger partial charge in [-0.3, -0.25) is 0 Å². The summed E-state index contributed by atoms with van der Waals surface area (Å²) in [4.78, 5) is 0. The molecule has 2 nitrogen and oxygen atoms in total. The Kier molecular flexibility index (Phi) is 5.56. The summed E-state index contributed by atoms with van der Waals surface area (Å²) < 4.78 is 5.07. The standard InChI is InChI=1S/C13H18O2/c1-15-13-9-7-12(8-10-13)6-4-2-3-5-11-14/h4,6-10,14H,2-3,5,11H2,1H3. The van der Waals surface area contributed by atoms with E-state index in [1.807, 2.05) is 24.3 Å². The molecular formula is C13H18O2. The average molecular weight is 206 g/mol. The predicted octanol–water partition coefficient (Wildman–Crippen LogP) is 2.87. The number of allylic oxidation sites excluding steroid dienone is 1. The van der Waals surface area contributed by atoms with Crippen LogP contribution >= 0.6 is 0 Å². The Hall–Kier alpha value is -1.28. The molecule has 0 spiro atoms. The lowest BCUT2D eigenvalue weighted by molar-refractivity contribution is 0.285. The van der Waals surface area contributed by atoms with Crippen molar-refractivity contribution in [2.45, 2.75) is 19.3 Å². The van der Waals surface area contributed by atoms with Gasteiger partial charge in [-0.05, 0) is 37.0 Å². The molecule has 1 N–H and O–H groups in total. The highest BCUT2D eigenvalue weighted by Crippen LogP contribution is 2.12. The number of aliphatic hydroxyl groups is 1. The van der Waals surface area contributed by atoms with Crippen LogP contribution in [0, 0.1) is 0 Å². The van der Waals surface area contributed by atoms with Gasteiger partial charge in [-0.25, -0.2) is 0 Å². The zero-order valence-electron chi connectivity index (χ0n) is 9.15. The van der Waals surface area contributed by atoms with E-state index in [2.05, 4.69) is 12.2 Å². The Morgan fingerprint density at radius 3 is 2.53 bits per heavy atom. The van der Waals surface area contributed by atoms with Gasteiger partial charge in [0.15, 0.2) is 0 Å². The number of methoxy groups -OCH3 is 1. The van der Waals surface area contributed by atoms with Crippen LogP contribution in [0.15, 0.2) is 30.3 Å². The van der Waals surface area contributed by atoms with E-state index < -0.39 is 0 Å². The number of rotatable bonds is 6. The number of ether oxygens (including phenoxy) is 1. The van der Waals surface area contributed by atoms with E-state index in [1.165, 1.54) is 5.56 Å². The second-order valence-electron chi connectivity index (χ2n) is 3.39. The summed E-state index contributed by atoms with van der Waals surface area (Å²) >= 11 is 0. The monoisotopic (exact) mass is 206 g/mol. The molecule has 0 fully saturated rings. The largest absolute Gasteiger partial charge is 0.497 e. The molecule has 0 aliphatic rings. The van der Waals surface area contributed by atoms with Crippen LogP contribution in [0.4, 0.5) is 0 Å². The SMILES string of the molecule is COc1ccc(C=CCCCCO)cc1. The summed E-state index contributed by atoms with van der Waals surface area (Å²) in [5.41, 5.74) is 1.18. The number of benzene rings is 1. The Morgan fingerprint density at radius 1 is 1.20 bits per heavy atom. The summed E-state index contributed by atoms with van der Waals surface area (Å²) in [6, 6.07) is 7.96. The molecule has 0 bridgehead atoms. The van der Waals surface area contributed by atoms with E-state index in [1.54, 1.807) is 7.11 Å². The van der Waals surface area contributed by atoms with E-state index in [-0.39, 0.29) is 6.61 Å². The minimum Gasteiger partial charge on any atom is -0.497 e. The van der Waals surface area contributed by atoms with Crippen LogP contribution in [0.1, 0.15) is 24.8 Å². The average Bonchev–Trinajstić information content (AvgIpc) is 2.30. The minimum atomic E-state index is 0.288. The molecule has 1 aromatic rings. The Labute approximate surface area is 91.2 Å². The van der Waals surface area contributed by atoms with Crippen LogP contribution in [-0.2, 0) is 0 Å². The van der Waals surface area contributed by atoms with E-state index in [4.69, 9.17) is 9.84 Å². The molecule has 0 heterocycles. The van der Waals surface area contributed by atoms with Gasteiger partial charge in [-0.1, -0.05) is 24.3 Å². The molecule has 0 atom stereocenters. The second-order valence-corrected chi connectivity index (χ2v) is 3.39. The molecule has 0 unspecified atom stereocenters. The van der Waals surface area contributed by atoms with Crippen molar-refractivity contribution in [1.29, 1.82) is 0 Å². The second kappa shape index (κ2) is 7.07. The van der Waals surface area contributed by atoms with E-state index >= 15 is 0 Å². The molecule has 0 aliphatic heterocycles. The molecule has 0 radical (unpaired) electrons. The van der Waals surface area contributed by atoms with Crippen LogP contribution in [0.25, 0.3) is 6.08 Å². The zero-order chi connectivity index (χ0) is 10.9. The fourth-order valence-electron chi connectivity index (χ4n) is 1.31. The number of aliphatic hydroxyl groups excluding tert-OH is 1. The summed E-state index contributed by atoms with van der Waals surface area (Å²) in [6.07, 6.45) is 7.18. The van der Waals surface area contributed by atoms with Crippen LogP contribution in [-0.4, -0.2) is 18.8 Å². The van der Waals surface area contributed by atoms with Crippen molar-refractivity contribution in [2.75, 3.05) is 13.7 Å². The van der Waals surface area contributed by atoms with Crippen molar-refractivity contribution in [3.05, 3.63) is 35.9 Å². The van der Waals surface area contributed by atoms with E-state index in [0.29, 0.717) is 0 Å². The normalized spacial score (nSPS) is 10.8. The smallest absolute Gasteiger partial charge is 0.118 e. The molecular weight excluding hydrogens is 188 g/mol. The van der Waals surface area contributed by atoms with Gasteiger partial charge >= 0.3 is 0 Å². The van der Waals surface area contributed by atoms with Crippen LogP contribution in [0.3, 0.4) is 0 Å². The first-order chi connectivity index (χ1) is 7.36. The minimum absolute atomic E-state index is 0.288. The van der Waals surface area contributed by atoms with Gasteiger partial charge in [0.05, 0.1) is 7.11 Å². The molecule has 0 aromatic heterocycles. The number of hydrogen-bond donors (Lipinski definition) is 1. The lowest BCUT2D eigenvalue weighted by atomic mass is 10.1. The van der Waals surface area contributed by atoms with Gasteiger partial charge in [-0.15, -0.1) is 0 Å². The molecule has 15 heavy (non-hydrogen) atoms. The van der Waals surface area contributed by atoms with Crippen LogP contribution < -0.4 is 4.74 Å². The lowest BCUT2D eigenvalue weighted by Crippen LogP contribution is -1.82. The third-order valence-electron chi connectivity index (χ3n) is 2.21. The van der Waals surface area contributed by atoms with Crippen molar-refractivity contribution < 1.29 is 9.84 Å². The number of unbranched alkanes of at least 4 members (excludes halogenated alkanes) is 2. The van der Waals surface area contributed by atoms with Gasteiger partial charge in [0.2, 0.25) is 0 Å². The van der Waals surface area contributed by atoms with Crippen LogP contribution in [0.5, 0.6) is 5.75 Å². The quantitative estimate of drug-likeness (QED) is 0.725. The highest BCUT2D eigenvalue weighted by molar-refractivity contribution is 5.50. The van der Waals surface area contributed by atoms with Crippen molar-refractivity contribution in [1.82, 2.24) is 0 Å². The van der Waals surface area contributed by atoms with Crippen molar-refractivity contribution in [3.63, 3.8) is 0 Å². The predicted molar refractivity (Wildman–Crippen MR) is 63.0 cm³/mol. The maximum atomic E-state index is 8.60. The maximum Gasteiger partial charge on any atom is 0.118 e. The van der Waals surface area contributed by atoms with Gasteiger partial charge in [0.1, 0.15) is 5.75 Å². The topological polar surface area (TPSA) is 29.5 Å². The summed E-state index contributed by atoms with van der Waals surface area (Å²) in [5.74, 6) is 0.882. The van der Waals surface area contributed by atoms with E-state index in [9.17, 15) is 0 Å². The van der Waals surface area contributed by atoms with Gasteiger partial charge < -0.3 is 9.84 Å². The van der Waals surface area contributed by atoms with Crippen molar-refractivity contribution in [2.24, 2.45) is 0 Å².